The molecular weight excluding hydrogens is 200 g/mol. The van der Waals surface area contributed by atoms with Crippen molar-refractivity contribution in [2.24, 2.45) is 0 Å². The molecule has 2 rings (SSSR count). The Bertz CT molecular complexity index is 275. The number of hydrogen-bond donors (Lipinski definition) is 0. The molecule has 2 aliphatic heterocycles. The maximum Gasteiger partial charge on any atom is 0.193 e. The van der Waals surface area contributed by atoms with Gasteiger partial charge in [-0.25, -0.2) is 0 Å². The molecule has 0 N–H and O–H groups in total. The average molecular weight is 216 g/mol. The van der Waals surface area contributed by atoms with Gasteiger partial charge in [-0.15, -0.1) is 0 Å². The quantitative estimate of drug-likeness (QED) is 0.637. The molecule has 2 fully saturated rings. The minimum atomic E-state index is -0.755. The van der Waals surface area contributed by atoms with Crippen LogP contribution in [0.4, 0.5) is 0 Å². The van der Waals surface area contributed by atoms with Crippen molar-refractivity contribution in [3.05, 3.63) is 0 Å². The van der Waals surface area contributed by atoms with Crippen LogP contribution in [0.1, 0.15) is 20.8 Å². The van der Waals surface area contributed by atoms with Crippen molar-refractivity contribution in [3.8, 4) is 0 Å². The molecule has 0 spiro atoms. The first-order chi connectivity index (χ1) is 6.94. The SMILES string of the molecule is CO[C@@H]1O[C@H](C)C(=O)[C@H]2OC(C)(C)O[C@@H]12. The second-order valence-electron chi connectivity index (χ2n) is 4.31. The van der Waals surface area contributed by atoms with Crippen molar-refractivity contribution in [1.82, 2.24) is 0 Å². The van der Waals surface area contributed by atoms with Crippen molar-refractivity contribution in [3.63, 3.8) is 0 Å². The fourth-order valence-electron chi connectivity index (χ4n) is 1.98. The van der Waals surface area contributed by atoms with E-state index in [4.69, 9.17) is 18.9 Å². The predicted octanol–water partition coefficient (Wildman–Crippen LogP) is 0.467. The molecule has 0 aliphatic carbocycles. The van der Waals surface area contributed by atoms with Crippen LogP contribution in [0.3, 0.4) is 0 Å². The summed E-state index contributed by atoms with van der Waals surface area (Å²) in [5.74, 6) is -0.839. The summed E-state index contributed by atoms with van der Waals surface area (Å²) >= 11 is 0. The molecule has 0 aromatic heterocycles. The van der Waals surface area contributed by atoms with Crippen LogP contribution in [0, 0.1) is 0 Å². The molecule has 0 unspecified atom stereocenters. The molecule has 0 saturated carbocycles. The third-order valence-electron chi connectivity index (χ3n) is 2.65. The Balaban J connectivity index is 2.22. The topological polar surface area (TPSA) is 54.0 Å². The van der Waals surface area contributed by atoms with Gasteiger partial charge in [-0.05, 0) is 20.8 Å². The van der Waals surface area contributed by atoms with Crippen LogP contribution in [0.15, 0.2) is 0 Å². The zero-order valence-corrected chi connectivity index (χ0v) is 9.35. The largest absolute Gasteiger partial charge is 0.353 e. The van der Waals surface area contributed by atoms with Crippen molar-refractivity contribution < 1.29 is 23.7 Å². The van der Waals surface area contributed by atoms with Crippen LogP contribution < -0.4 is 0 Å². The third-order valence-corrected chi connectivity index (χ3v) is 2.65. The first kappa shape index (κ1) is 11.0. The fraction of sp³-hybridized carbons (Fsp3) is 0.900. The van der Waals surface area contributed by atoms with E-state index in [1.807, 2.05) is 0 Å². The Hall–Kier alpha value is -0.490. The van der Waals surface area contributed by atoms with E-state index in [1.54, 1.807) is 20.8 Å². The third kappa shape index (κ3) is 1.80. The number of ketones is 1. The number of ether oxygens (including phenoxy) is 4. The van der Waals surface area contributed by atoms with Gasteiger partial charge in [0.05, 0.1) is 0 Å². The molecule has 0 aromatic rings. The van der Waals surface area contributed by atoms with Crippen LogP contribution in [0.2, 0.25) is 0 Å². The molecule has 2 saturated heterocycles. The predicted molar refractivity (Wildman–Crippen MR) is 50.2 cm³/mol. The zero-order valence-electron chi connectivity index (χ0n) is 9.35. The van der Waals surface area contributed by atoms with Gasteiger partial charge in [-0.2, -0.15) is 0 Å². The summed E-state index contributed by atoms with van der Waals surface area (Å²) in [7, 11) is 1.53. The maximum atomic E-state index is 11.8. The molecule has 0 radical (unpaired) electrons. The van der Waals surface area contributed by atoms with Gasteiger partial charge in [0.25, 0.3) is 0 Å². The lowest BCUT2D eigenvalue weighted by Crippen LogP contribution is -2.53. The van der Waals surface area contributed by atoms with Gasteiger partial charge in [0.2, 0.25) is 0 Å². The van der Waals surface area contributed by atoms with Crippen LogP contribution in [-0.4, -0.2) is 43.3 Å². The van der Waals surface area contributed by atoms with Gasteiger partial charge in [0.1, 0.15) is 12.2 Å². The highest BCUT2D eigenvalue weighted by molar-refractivity contribution is 5.88. The standard InChI is InChI=1S/C10H16O5/c1-5-6(11)7-8(9(12-4)13-5)15-10(2,3)14-7/h5,7-9H,1-4H3/t5-,7-,8-,9-/m1/s1. The summed E-state index contributed by atoms with van der Waals surface area (Å²) in [4.78, 5) is 11.8. The molecule has 15 heavy (non-hydrogen) atoms. The lowest BCUT2D eigenvalue weighted by molar-refractivity contribution is -0.232. The Morgan fingerprint density at radius 2 is 2.00 bits per heavy atom. The number of methoxy groups -OCH3 is 1. The Morgan fingerprint density at radius 1 is 1.33 bits per heavy atom. The second-order valence-corrected chi connectivity index (χ2v) is 4.31. The van der Waals surface area contributed by atoms with Gasteiger partial charge in [0.15, 0.2) is 24.0 Å². The Kier molecular flexibility index (Phi) is 2.58. The number of Topliss-reactive ketones (excluding diaryl/α,β-unsaturated/α-hetero) is 1. The van der Waals surface area contributed by atoms with E-state index in [-0.39, 0.29) is 5.78 Å². The highest BCUT2D eigenvalue weighted by atomic mass is 16.8. The number of hydrogen-bond acceptors (Lipinski definition) is 5. The van der Waals surface area contributed by atoms with E-state index in [9.17, 15) is 4.79 Å². The molecule has 0 bridgehead atoms. The van der Waals surface area contributed by atoms with E-state index >= 15 is 0 Å². The van der Waals surface area contributed by atoms with E-state index in [0.717, 1.165) is 0 Å². The Labute approximate surface area is 88.6 Å². The molecule has 0 amide bonds. The Morgan fingerprint density at radius 3 is 2.60 bits per heavy atom. The summed E-state index contributed by atoms with van der Waals surface area (Å²) in [6.45, 7) is 5.24. The van der Waals surface area contributed by atoms with Crippen LogP contribution in [0.25, 0.3) is 0 Å². The van der Waals surface area contributed by atoms with Crippen molar-refractivity contribution in [1.29, 1.82) is 0 Å². The first-order valence-corrected chi connectivity index (χ1v) is 5.02. The summed E-state index contributed by atoms with van der Waals surface area (Å²) < 4.78 is 21.6. The van der Waals surface area contributed by atoms with E-state index in [1.165, 1.54) is 7.11 Å². The van der Waals surface area contributed by atoms with Gasteiger partial charge in [0, 0.05) is 7.11 Å². The van der Waals surface area contributed by atoms with Gasteiger partial charge in [-0.1, -0.05) is 0 Å². The molecule has 5 nitrogen and oxygen atoms in total. The lowest BCUT2D eigenvalue weighted by atomic mass is 10.0. The first-order valence-electron chi connectivity index (χ1n) is 5.02. The summed E-state index contributed by atoms with van der Waals surface area (Å²) in [6, 6.07) is 0. The van der Waals surface area contributed by atoms with Crippen molar-refractivity contribution in [2.45, 2.75) is 51.2 Å². The van der Waals surface area contributed by atoms with E-state index in [2.05, 4.69) is 0 Å². The fourth-order valence-corrected chi connectivity index (χ4v) is 1.98. The highest BCUT2D eigenvalue weighted by Gasteiger charge is 2.54. The lowest BCUT2D eigenvalue weighted by Gasteiger charge is -2.32. The normalized spacial score (nSPS) is 44.1. The van der Waals surface area contributed by atoms with Crippen molar-refractivity contribution in [2.75, 3.05) is 7.11 Å². The minimum absolute atomic E-state index is 0.0844. The number of fused-ring (bicyclic) bond motifs is 1. The van der Waals surface area contributed by atoms with Crippen LogP contribution >= 0.6 is 0 Å². The van der Waals surface area contributed by atoms with Gasteiger partial charge in [-0.3, -0.25) is 4.79 Å². The average Bonchev–Trinajstić information content (AvgIpc) is 2.48. The molecule has 86 valence electrons. The number of carbonyl (C=O) groups is 1. The van der Waals surface area contributed by atoms with Gasteiger partial charge >= 0.3 is 0 Å². The van der Waals surface area contributed by atoms with E-state index < -0.39 is 30.4 Å². The smallest absolute Gasteiger partial charge is 0.193 e. The zero-order chi connectivity index (χ0) is 11.2. The minimum Gasteiger partial charge on any atom is -0.353 e. The molecule has 4 atom stereocenters. The molecular formula is C10H16O5. The number of carbonyl (C=O) groups excluding carboxylic acids is 1. The van der Waals surface area contributed by atoms with Crippen LogP contribution in [-0.2, 0) is 23.7 Å². The molecule has 2 heterocycles. The molecule has 5 heteroatoms. The van der Waals surface area contributed by atoms with E-state index in [0.29, 0.717) is 0 Å². The second kappa shape index (κ2) is 3.52. The van der Waals surface area contributed by atoms with Crippen molar-refractivity contribution >= 4 is 5.78 Å². The summed E-state index contributed by atoms with van der Waals surface area (Å²) in [6.07, 6.45) is -2.08. The summed E-state index contributed by atoms with van der Waals surface area (Å²) in [5.41, 5.74) is 0. The summed E-state index contributed by atoms with van der Waals surface area (Å²) in [5, 5.41) is 0. The highest BCUT2D eigenvalue weighted by Crippen LogP contribution is 2.35. The van der Waals surface area contributed by atoms with Crippen LogP contribution in [0.5, 0.6) is 0 Å². The molecule has 0 aromatic carbocycles. The number of rotatable bonds is 1. The van der Waals surface area contributed by atoms with Gasteiger partial charge < -0.3 is 18.9 Å². The maximum absolute atomic E-state index is 11.8. The molecule has 2 aliphatic rings. The monoisotopic (exact) mass is 216 g/mol.